The van der Waals surface area contributed by atoms with Gasteiger partial charge in [-0.2, -0.15) is 0 Å². The van der Waals surface area contributed by atoms with E-state index in [9.17, 15) is 9.59 Å². The second kappa shape index (κ2) is 9.17. The lowest BCUT2D eigenvalue weighted by Gasteiger charge is -2.08. The lowest BCUT2D eigenvalue weighted by atomic mass is 10.1. The molecule has 0 atom stereocenters. The summed E-state index contributed by atoms with van der Waals surface area (Å²) < 4.78 is 0. The topological polar surface area (TPSA) is 115 Å². The smallest absolute Gasteiger partial charge is 0.338 e. The van der Waals surface area contributed by atoms with E-state index in [0.717, 1.165) is 25.7 Å². The summed E-state index contributed by atoms with van der Waals surface area (Å²) in [6.07, 6.45) is 4.26. The number of nitrogens with zero attached hydrogens (tertiary/aromatic N) is 3. The van der Waals surface area contributed by atoms with Gasteiger partial charge in [0.15, 0.2) is 4.98 Å². The lowest BCUT2D eigenvalue weighted by Crippen LogP contribution is -2.31. The predicted molar refractivity (Wildman–Crippen MR) is 96.2 cm³/mol. The maximum Gasteiger partial charge on any atom is 0.385 e. The number of urea groups is 1. The number of carbonyl (C=O) groups excluding carboxylic acids is 1. The average molecular weight is 341 g/mol. The highest BCUT2D eigenvalue weighted by molar-refractivity contribution is 5.87. The summed E-state index contributed by atoms with van der Waals surface area (Å²) in [5.74, 6) is 0.0736. The number of aromatic nitrogens is 2. The Morgan fingerprint density at radius 1 is 1.24 bits per heavy atom. The van der Waals surface area contributed by atoms with Gasteiger partial charge in [-0.25, -0.2) is 9.78 Å². The van der Waals surface area contributed by atoms with Crippen LogP contribution in [0.15, 0.2) is 35.1 Å². The van der Waals surface area contributed by atoms with Crippen molar-refractivity contribution in [2.75, 3.05) is 11.9 Å². The van der Waals surface area contributed by atoms with Gasteiger partial charge in [-0.05, 0) is 18.6 Å². The van der Waals surface area contributed by atoms with Crippen molar-refractivity contribution in [3.63, 3.8) is 0 Å². The van der Waals surface area contributed by atoms with E-state index in [1.54, 1.807) is 24.3 Å². The maximum atomic E-state index is 11.9. The Morgan fingerprint density at radius 2 is 2.00 bits per heavy atom. The van der Waals surface area contributed by atoms with Crippen molar-refractivity contribution in [1.29, 1.82) is 5.39 Å². The van der Waals surface area contributed by atoms with Crippen LogP contribution in [-0.4, -0.2) is 22.5 Å². The summed E-state index contributed by atoms with van der Waals surface area (Å²) in [6.45, 7) is 2.70. The van der Waals surface area contributed by atoms with E-state index in [1.807, 2.05) is 0 Å². The molecule has 0 aliphatic heterocycles. The molecule has 0 radical (unpaired) electrons. The monoisotopic (exact) mass is 341 g/mol. The molecule has 2 amide bonds. The number of aromatic amines is 1. The van der Waals surface area contributed by atoms with Gasteiger partial charge in [0.1, 0.15) is 0 Å². The molecule has 8 nitrogen and oxygen atoms in total. The highest BCUT2D eigenvalue weighted by atomic mass is 16.2. The van der Waals surface area contributed by atoms with Crippen molar-refractivity contribution >= 4 is 17.7 Å². The van der Waals surface area contributed by atoms with E-state index in [0.29, 0.717) is 23.5 Å². The second-order valence-electron chi connectivity index (χ2n) is 5.57. The quantitative estimate of drug-likeness (QED) is 0.527. The number of nitrogens with one attached hydrogen (secondary N) is 3. The SMILES string of the molecule is CCCCCCNC(=O)Nc1nc(-c2ccc([N+]#N)cc2)cc(=O)[nH]1. The maximum absolute atomic E-state index is 11.9. The van der Waals surface area contributed by atoms with E-state index in [1.165, 1.54) is 6.07 Å². The molecule has 0 saturated carbocycles. The molecule has 0 fully saturated rings. The van der Waals surface area contributed by atoms with Crippen molar-refractivity contribution < 1.29 is 4.79 Å². The lowest BCUT2D eigenvalue weighted by molar-refractivity contribution is 0.251. The summed E-state index contributed by atoms with van der Waals surface area (Å²) in [4.78, 5) is 33.5. The van der Waals surface area contributed by atoms with E-state index in [-0.39, 0.29) is 11.5 Å². The van der Waals surface area contributed by atoms with Gasteiger partial charge in [0, 0.05) is 30.3 Å². The number of anilines is 1. The van der Waals surface area contributed by atoms with Gasteiger partial charge in [0.05, 0.1) is 5.69 Å². The van der Waals surface area contributed by atoms with E-state index >= 15 is 0 Å². The Balaban J connectivity index is 2.02. The van der Waals surface area contributed by atoms with Crippen molar-refractivity contribution in [3.05, 3.63) is 45.7 Å². The van der Waals surface area contributed by atoms with Crippen molar-refractivity contribution in [2.24, 2.45) is 0 Å². The van der Waals surface area contributed by atoms with E-state index in [2.05, 4.69) is 32.5 Å². The average Bonchev–Trinajstić information content (AvgIpc) is 2.61. The van der Waals surface area contributed by atoms with Gasteiger partial charge in [-0.1, -0.05) is 26.2 Å². The Morgan fingerprint density at radius 3 is 2.68 bits per heavy atom. The molecule has 1 aromatic carbocycles. The van der Waals surface area contributed by atoms with Crippen molar-refractivity contribution in [2.45, 2.75) is 32.6 Å². The van der Waals surface area contributed by atoms with Crippen LogP contribution in [0.2, 0.25) is 0 Å². The number of unbranched alkanes of at least 4 members (excludes halogenated alkanes) is 3. The van der Waals surface area contributed by atoms with Crippen LogP contribution in [0.25, 0.3) is 16.2 Å². The standard InChI is InChI=1S/C17H20N6O2/c1-2-3-4-5-10-19-17(25)22-16-20-14(11-15(24)21-16)12-6-8-13(23-18)9-7-12/h6-9,11H,2-5,10H2,1H3,(H2-,19,20,21,22,24,25)/p+1. The van der Waals surface area contributed by atoms with Gasteiger partial charge in [0.2, 0.25) is 11.3 Å². The van der Waals surface area contributed by atoms with Crippen LogP contribution in [0.4, 0.5) is 16.4 Å². The highest BCUT2D eigenvalue weighted by Gasteiger charge is 2.09. The molecule has 2 rings (SSSR count). The first-order chi connectivity index (χ1) is 12.1. The third-order valence-electron chi connectivity index (χ3n) is 3.57. The normalized spacial score (nSPS) is 10.1. The van der Waals surface area contributed by atoms with E-state index < -0.39 is 6.03 Å². The molecule has 3 N–H and O–H groups in total. The zero-order valence-electron chi connectivity index (χ0n) is 14.1. The Kier molecular flexibility index (Phi) is 6.65. The summed E-state index contributed by atoms with van der Waals surface area (Å²) in [6, 6.07) is 7.45. The summed E-state index contributed by atoms with van der Waals surface area (Å²) in [5.41, 5.74) is 1.10. The minimum atomic E-state index is -0.411. The molecule has 1 heterocycles. The Bertz CT molecular complexity index is 807. The van der Waals surface area contributed by atoms with Gasteiger partial charge in [-0.3, -0.25) is 15.1 Å². The van der Waals surface area contributed by atoms with Crippen LogP contribution in [0.5, 0.6) is 0 Å². The number of hydrogen-bond acceptors (Lipinski definition) is 4. The molecule has 2 aromatic rings. The van der Waals surface area contributed by atoms with Crippen molar-refractivity contribution in [3.8, 4) is 11.3 Å². The van der Waals surface area contributed by atoms with Crippen molar-refractivity contribution in [1.82, 2.24) is 15.3 Å². The fraction of sp³-hybridized carbons (Fsp3) is 0.353. The first-order valence-electron chi connectivity index (χ1n) is 8.24. The molecule has 130 valence electrons. The molecule has 0 aliphatic carbocycles. The molecule has 0 unspecified atom stereocenters. The summed E-state index contributed by atoms with van der Waals surface area (Å²) in [5, 5.41) is 14.0. The Labute approximate surface area is 145 Å². The zero-order valence-corrected chi connectivity index (χ0v) is 14.1. The van der Waals surface area contributed by atoms with E-state index in [4.69, 9.17) is 5.39 Å². The third kappa shape index (κ3) is 5.73. The number of H-pyrrole nitrogens is 1. The second-order valence-corrected chi connectivity index (χ2v) is 5.57. The number of hydrogen-bond donors (Lipinski definition) is 3. The fourth-order valence-corrected chi connectivity index (χ4v) is 2.27. The first kappa shape index (κ1) is 18.1. The number of carbonyl (C=O) groups is 1. The number of amides is 2. The summed E-state index contributed by atoms with van der Waals surface area (Å²) >= 11 is 0. The number of benzene rings is 1. The summed E-state index contributed by atoms with van der Waals surface area (Å²) in [7, 11) is 0. The fourth-order valence-electron chi connectivity index (χ4n) is 2.27. The highest BCUT2D eigenvalue weighted by Crippen LogP contribution is 2.20. The molecule has 0 saturated heterocycles. The van der Waals surface area contributed by atoms with Crippen LogP contribution >= 0.6 is 0 Å². The predicted octanol–water partition coefficient (Wildman–Crippen LogP) is 3.62. The number of diazo groups is 1. The molecule has 8 heteroatoms. The Hall–Kier alpha value is -3.21. The van der Waals surface area contributed by atoms with Crippen LogP contribution in [-0.2, 0) is 0 Å². The van der Waals surface area contributed by atoms with Crippen LogP contribution in [0.1, 0.15) is 32.6 Å². The molecular weight excluding hydrogens is 320 g/mol. The first-order valence-corrected chi connectivity index (χ1v) is 8.24. The van der Waals surface area contributed by atoms with Gasteiger partial charge < -0.3 is 5.32 Å². The van der Waals surface area contributed by atoms with Gasteiger partial charge >= 0.3 is 11.7 Å². The molecule has 1 aromatic heterocycles. The van der Waals surface area contributed by atoms with Crippen LogP contribution in [0, 0.1) is 5.39 Å². The third-order valence-corrected chi connectivity index (χ3v) is 3.57. The van der Waals surface area contributed by atoms with Gasteiger partial charge in [0.25, 0.3) is 5.56 Å². The number of rotatable bonds is 7. The molecule has 0 aliphatic rings. The minimum absolute atomic E-state index is 0.0736. The largest absolute Gasteiger partial charge is 0.385 e. The molecule has 0 spiro atoms. The van der Waals surface area contributed by atoms with Crippen LogP contribution in [0.3, 0.4) is 0 Å². The minimum Gasteiger partial charge on any atom is -0.338 e. The molecule has 0 bridgehead atoms. The molecular formula is C17H21N6O2+. The zero-order chi connectivity index (χ0) is 18.1. The van der Waals surface area contributed by atoms with Crippen LogP contribution < -0.4 is 16.2 Å². The van der Waals surface area contributed by atoms with Gasteiger partial charge in [-0.15, -0.1) is 0 Å². The molecule has 25 heavy (non-hydrogen) atoms.